The molecule has 6 nitrogen and oxygen atoms in total. The van der Waals surface area contributed by atoms with E-state index in [1.165, 1.54) is 32.3 Å². The third-order valence-electron chi connectivity index (χ3n) is 2.97. The van der Waals surface area contributed by atoms with Gasteiger partial charge in [-0.1, -0.05) is 0 Å². The minimum atomic E-state index is -0.600. The number of esters is 1. The van der Waals surface area contributed by atoms with Crippen LogP contribution >= 0.6 is 0 Å². The molecule has 1 unspecified atom stereocenters. The molecule has 1 saturated heterocycles. The molecule has 1 atom stereocenters. The van der Waals surface area contributed by atoms with Crippen molar-refractivity contribution in [2.75, 3.05) is 26.8 Å². The molecule has 1 fully saturated rings. The lowest BCUT2D eigenvalue weighted by atomic mass is 10.0. The highest BCUT2D eigenvalue weighted by atomic mass is 16.5. The van der Waals surface area contributed by atoms with E-state index in [1.807, 2.05) is 0 Å². The Morgan fingerprint density at radius 1 is 1.50 bits per heavy atom. The molecule has 1 aromatic rings. The summed E-state index contributed by atoms with van der Waals surface area (Å²) in [6.07, 6.45) is 5.34. The van der Waals surface area contributed by atoms with Gasteiger partial charge in [-0.25, -0.2) is 14.8 Å². The zero-order valence-corrected chi connectivity index (χ0v) is 11.4. The number of hydrogen-bond acceptors (Lipinski definition) is 6. The van der Waals surface area contributed by atoms with Gasteiger partial charge in [0.1, 0.15) is 5.69 Å². The van der Waals surface area contributed by atoms with Crippen LogP contribution in [-0.4, -0.2) is 42.7 Å². The number of carbonyl (C=O) groups is 1. The van der Waals surface area contributed by atoms with Crippen molar-refractivity contribution in [2.45, 2.75) is 12.8 Å². The van der Waals surface area contributed by atoms with Crippen LogP contribution in [0.15, 0.2) is 12.4 Å². The topological polar surface area (TPSA) is 73.3 Å². The molecule has 1 aliphatic heterocycles. The fourth-order valence-corrected chi connectivity index (χ4v) is 1.89. The van der Waals surface area contributed by atoms with Crippen LogP contribution in [-0.2, 0) is 9.53 Å². The zero-order chi connectivity index (χ0) is 14.2. The molecule has 2 heterocycles. The molecule has 0 saturated carbocycles. The Bertz CT molecular complexity index is 499. The summed E-state index contributed by atoms with van der Waals surface area (Å²) in [5.74, 6) is 5.24. The summed E-state index contributed by atoms with van der Waals surface area (Å²) in [7, 11) is 1.28. The molecular formula is C14H17N3O3. The first-order valence-electron chi connectivity index (χ1n) is 6.53. The quantitative estimate of drug-likeness (QED) is 0.635. The fourth-order valence-electron chi connectivity index (χ4n) is 1.89. The maximum Gasteiger partial charge on any atom is 0.384 e. The van der Waals surface area contributed by atoms with Gasteiger partial charge in [-0.15, -0.1) is 0 Å². The maximum atomic E-state index is 10.9. The van der Waals surface area contributed by atoms with Crippen LogP contribution < -0.4 is 10.1 Å². The van der Waals surface area contributed by atoms with Crippen LogP contribution in [0.4, 0.5) is 0 Å². The number of methoxy groups -OCH3 is 1. The summed E-state index contributed by atoms with van der Waals surface area (Å²) >= 11 is 0. The van der Waals surface area contributed by atoms with E-state index in [0.717, 1.165) is 13.1 Å². The predicted octanol–water partition coefficient (Wildman–Crippen LogP) is 0.379. The lowest BCUT2D eigenvalue weighted by molar-refractivity contribution is -0.133. The smallest absolute Gasteiger partial charge is 0.384 e. The molecule has 1 N–H and O–H groups in total. The number of ether oxygens (including phenoxy) is 2. The van der Waals surface area contributed by atoms with Gasteiger partial charge in [0.2, 0.25) is 5.88 Å². The highest BCUT2D eigenvalue weighted by Gasteiger charge is 2.13. The van der Waals surface area contributed by atoms with Crippen molar-refractivity contribution >= 4 is 5.97 Å². The van der Waals surface area contributed by atoms with Gasteiger partial charge in [0.05, 0.1) is 26.1 Å². The predicted molar refractivity (Wildman–Crippen MR) is 72.0 cm³/mol. The van der Waals surface area contributed by atoms with E-state index in [0.29, 0.717) is 24.1 Å². The molecule has 0 bridgehead atoms. The Hall–Kier alpha value is -2.13. The van der Waals surface area contributed by atoms with Crippen LogP contribution in [0.3, 0.4) is 0 Å². The average Bonchev–Trinajstić information content (AvgIpc) is 2.52. The van der Waals surface area contributed by atoms with Crippen molar-refractivity contribution in [3.05, 3.63) is 18.1 Å². The van der Waals surface area contributed by atoms with Gasteiger partial charge in [-0.2, -0.15) is 0 Å². The number of carbonyl (C=O) groups excluding carboxylic acids is 1. The number of piperidine rings is 1. The summed E-state index contributed by atoms with van der Waals surface area (Å²) in [6, 6.07) is 0. The minimum absolute atomic E-state index is 0.405. The Morgan fingerprint density at radius 3 is 3.05 bits per heavy atom. The van der Waals surface area contributed by atoms with Gasteiger partial charge in [0.25, 0.3) is 0 Å². The van der Waals surface area contributed by atoms with Gasteiger partial charge >= 0.3 is 5.97 Å². The third kappa shape index (κ3) is 4.52. The molecule has 0 amide bonds. The van der Waals surface area contributed by atoms with E-state index >= 15 is 0 Å². The number of hydrogen-bond donors (Lipinski definition) is 1. The maximum absolute atomic E-state index is 10.9. The number of aromatic nitrogens is 2. The summed E-state index contributed by atoms with van der Waals surface area (Å²) in [5.41, 5.74) is 0.405. The second-order valence-corrected chi connectivity index (χ2v) is 4.50. The first-order chi connectivity index (χ1) is 9.78. The molecule has 0 radical (unpaired) electrons. The van der Waals surface area contributed by atoms with Gasteiger partial charge in [-0.05, 0) is 25.3 Å². The summed E-state index contributed by atoms with van der Waals surface area (Å²) < 4.78 is 10.0. The van der Waals surface area contributed by atoms with Gasteiger partial charge < -0.3 is 14.8 Å². The van der Waals surface area contributed by atoms with Crippen LogP contribution in [0.25, 0.3) is 0 Å². The largest absolute Gasteiger partial charge is 0.476 e. The fraction of sp³-hybridized carbons (Fsp3) is 0.500. The molecule has 0 aliphatic carbocycles. The van der Waals surface area contributed by atoms with E-state index in [1.54, 1.807) is 0 Å². The Morgan fingerprint density at radius 2 is 2.40 bits per heavy atom. The van der Waals surface area contributed by atoms with Crippen LogP contribution in [0.5, 0.6) is 5.88 Å². The number of nitrogens with one attached hydrogen (secondary N) is 1. The van der Waals surface area contributed by atoms with Gasteiger partial charge in [0, 0.05) is 18.4 Å². The Balaban J connectivity index is 1.84. The lowest BCUT2D eigenvalue weighted by Gasteiger charge is -2.22. The monoisotopic (exact) mass is 275 g/mol. The summed E-state index contributed by atoms with van der Waals surface area (Å²) in [6.45, 7) is 2.70. The molecule has 0 aromatic carbocycles. The molecule has 2 rings (SSSR count). The van der Waals surface area contributed by atoms with Crippen molar-refractivity contribution in [1.29, 1.82) is 0 Å². The highest BCUT2D eigenvalue weighted by Crippen LogP contribution is 2.12. The minimum Gasteiger partial charge on any atom is -0.476 e. The molecule has 6 heteroatoms. The Kier molecular flexibility index (Phi) is 5.33. The number of rotatable bonds is 3. The van der Waals surface area contributed by atoms with Gasteiger partial charge in [-0.3, -0.25) is 0 Å². The third-order valence-corrected chi connectivity index (χ3v) is 2.97. The molecule has 1 aliphatic rings. The first-order valence-corrected chi connectivity index (χ1v) is 6.53. The Labute approximate surface area is 117 Å². The average molecular weight is 275 g/mol. The molecule has 20 heavy (non-hydrogen) atoms. The molecule has 1 aromatic heterocycles. The van der Waals surface area contributed by atoms with Gasteiger partial charge in [0.15, 0.2) is 0 Å². The summed E-state index contributed by atoms with van der Waals surface area (Å²) in [5, 5.41) is 3.33. The van der Waals surface area contributed by atoms with E-state index in [-0.39, 0.29) is 0 Å². The van der Waals surface area contributed by atoms with Crippen molar-refractivity contribution in [3.63, 3.8) is 0 Å². The van der Waals surface area contributed by atoms with E-state index in [4.69, 9.17) is 4.74 Å². The molecular weight excluding hydrogens is 258 g/mol. The second kappa shape index (κ2) is 7.46. The standard InChI is InChI=1S/C14H17N3O3/c1-19-14(18)5-4-12-8-17-13(9-16-12)20-10-11-3-2-6-15-7-11/h8-9,11,15H,2-3,6-7,10H2,1H3. The first kappa shape index (κ1) is 14.3. The number of nitrogens with zero attached hydrogens (tertiary/aromatic N) is 2. The lowest BCUT2D eigenvalue weighted by Crippen LogP contribution is -2.33. The SMILES string of the molecule is COC(=O)C#Cc1cnc(OCC2CCCNC2)cn1. The van der Waals surface area contributed by atoms with Crippen LogP contribution in [0, 0.1) is 17.8 Å². The van der Waals surface area contributed by atoms with Crippen LogP contribution in [0.1, 0.15) is 18.5 Å². The molecule has 0 spiro atoms. The highest BCUT2D eigenvalue weighted by molar-refractivity contribution is 5.88. The normalized spacial score (nSPS) is 17.8. The van der Waals surface area contributed by atoms with E-state index in [2.05, 4.69) is 31.9 Å². The van der Waals surface area contributed by atoms with Crippen molar-refractivity contribution in [2.24, 2.45) is 5.92 Å². The van der Waals surface area contributed by atoms with Crippen molar-refractivity contribution in [3.8, 4) is 17.7 Å². The molecule has 106 valence electrons. The zero-order valence-electron chi connectivity index (χ0n) is 11.4. The van der Waals surface area contributed by atoms with E-state index in [9.17, 15) is 4.79 Å². The van der Waals surface area contributed by atoms with E-state index < -0.39 is 5.97 Å². The summed E-state index contributed by atoms with van der Waals surface area (Å²) in [4.78, 5) is 19.0. The van der Waals surface area contributed by atoms with Crippen molar-refractivity contribution < 1.29 is 14.3 Å². The van der Waals surface area contributed by atoms with Crippen molar-refractivity contribution in [1.82, 2.24) is 15.3 Å². The second-order valence-electron chi connectivity index (χ2n) is 4.50. The van der Waals surface area contributed by atoms with Crippen LogP contribution in [0.2, 0.25) is 0 Å².